The Morgan fingerprint density at radius 2 is 0.708 bits per heavy atom. The molecule has 0 aliphatic carbocycles. The molecule has 48 heavy (non-hydrogen) atoms. The van der Waals surface area contributed by atoms with Crippen LogP contribution in [0.2, 0.25) is 10.0 Å². The van der Waals surface area contributed by atoms with Crippen molar-refractivity contribution in [2.24, 2.45) is 0 Å². The van der Waals surface area contributed by atoms with Crippen LogP contribution in [-0.4, -0.2) is 56.9 Å². The number of rotatable bonds is 8. The fourth-order valence-electron chi connectivity index (χ4n) is 4.39. The predicted octanol–water partition coefficient (Wildman–Crippen LogP) is 10.4. The van der Waals surface area contributed by atoms with Crippen LogP contribution in [0.4, 0.5) is 0 Å². The molecule has 0 aromatic heterocycles. The van der Waals surface area contributed by atoms with Gasteiger partial charge in [0.25, 0.3) is 0 Å². The molecule has 4 aromatic carbocycles. The van der Waals surface area contributed by atoms with Gasteiger partial charge in [-0.15, -0.1) is 0 Å². The average Bonchev–Trinajstić information content (AvgIpc) is 3.07. The normalized spacial score (nSPS) is 9.67. The minimum Gasteiger partial charge on any atom is -0.497 e. The molecule has 0 aliphatic rings. The number of hydrogen-bond acceptors (Lipinski definition) is 8. The summed E-state index contributed by atoms with van der Waals surface area (Å²) in [6.45, 7) is 10.00. The summed E-state index contributed by atoms with van der Waals surface area (Å²) in [6.07, 6.45) is 0. The molecular weight excluding hydrogens is 723 g/mol. The second-order valence-corrected chi connectivity index (χ2v) is 11.8. The molecule has 0 bridgehead atoms. The van der Waals surface area contributed by atoms with E-state index < -0.39 is 0 Å². The minimum atomic E-state index is 0.485. The van der Waals surface area contributed by atoms with Crippen molar-refractivity contribution >= 4 is 39.1 Å². The van der Waals surface area contributed by atoms with E-state index in [1.54, 1.807) is 54.8 Å². The molecule has 0 saturated carbocycles. The summed E-state index contributed by atoms with van der Waals surface area (Å²) in [6, 6.07) is 14.9. The van der Waals surface area contributed by atoms with Crippen LogP contribution in [0, 0.1) is 34.6 Å². The summed E-state index contributed by atoms with van der Waals surface area (Å²) in [5.41, 5.74) is 5.47. The van der Waals surface area contributed by atoms with Crippen molar-refractivity contribution in [1.29, 1.82) is 0 Å². The molecule has 0 heterocycles. The highest BCUT2D eigenvalue weighted by Crippen LogP contribution is 2.35. The molecule has 0 spiro atoms. The van der Waals surface area contributed by atoms with Gasteiger partial charge in [0.15, 0.2) is 0 Å². The predicted molar refractivity (Wildman–Crippen MR) is 200 cm³/mol. The van der Waals surface area contributed by atoms with Crippen LogP contribution in [0.15, 0.2) is 53.0 Å². The first kappa shape index (κ1) is 42.4. The van der Waals surface area contributed by atoms with E-state index in [4.69, 9.17) is 61.1 Å². The largest absolute Gasteiger partial charge is 0.497 e. The van der Waals surface area contributed by atoms with E-state index in [0.717, 1.165) is 66.8 Å². The first-order valence-electron chi connectivity index (χ1n) is 14.6. The van der Waals surface area contributed by atoms with Crippen LogP contribution in [0.5, 0.6) is 46.0 Å². The van der Waals surface area contributed by atoms with Gasteiger partial charge >= 0.3 is 0 Å². The monoisotopic (exact) mass is 768 g/mol. The van der Waals surface area contributed by atoms with Crippen molar-refractivity contribution in [3.05, 3.63) is 90.9 Å². The van der Waals surface area contributed by atoms with Crippen LogP contribution in [-0.2, 0) is 0 Å². The van der Waals surface area contributed by atoms with E-state index in [1.165, 1.54) is 14.2 Å². The van der Waals surface area contributed by atoms with Gasteiger partial charge in [-0.2, -0.15) is 0 Å². The van der Waals surface area contributed by atoms with Crippen molar-refractivity contribution in [3.63, 3.8) is 0 Å². The van der Waals surface area contributed by atoms with E-state index in [1.807, 2.05) is 71.0 Å². The van der Waals surface area contributed by atoms with Crippen LogP contribution < -0.4 is 37.9 Å². The molecule has 0 fully saturated rings. The highest BCUT2D eigenvalue weighted by Gasteiger charge is 2.08. The van der Waals surface area contributed by atoms with E-state index >= 15 is 0 Å². The quantitative estimate of drug-likeness (QED) is 0.175. The van der Waals surface area contributed by atoms with Crippen molar-refractivity contribution in [2.75, 3.05) is 56.9 Å². The van der Waals surface area contributed by atoms with Crippen LogP contribution in [0.1, 0.15) is 27.8 Å². The van der Waals surface area contributed by atoms with E-state index in [0.29, 0.717) is 21.5 Å². The number of benzene rings is 4. The Labute approximate surface area is 304 Å². The molecule has 0 unspecified atom stereocenters. The number of aryl methyl sites for hydroxylation is 5. The third-order valence-corrected chi connectivity index (χ3v) is 8.09. The van der Waals surface area contributed by atoms with Crippen molar-refractivity contribution < 1.29 is 37.9 Å². The van der Waals surface area contributed by atoms with Crippen LogP contribution in [0.25, 0.3) is 0 Å². The fourth-order valence-corrected chi connectivity index (χ4v) is 5.34. The fraction of sp³-hybridized carbons (Fsp3) is 0.351. The number of hydrogen-bond donors (Lipinski definition) is 0. The lowest BCUT2D eigenvalue weighted by molar-refractivity contribution is 0.398. The first-order chi connectivity index (χ1) is 22.7. The van der Waals surface area contributed by atoms with E-state index in [2.05, 4.69) is 15.9 Å². The Morgan fingerprint density at radius 1 is 0.375 bits per heavy atom. The summed E-state index contributed by atoms with van der Waals surface area (Å²) in [4.78, 5) is 0. The van der Waals surface area contributed by atoms with Gasteiger partial charge in [-0.1, -0.05) is 23.2 Å². The van der Waals surface area contributed by atoms with Gasteiger partial charge in [0.05, 0.1) is 71.4 Å². The molecular formula is C37H47BrCl2O8. The van der Waals surface area contributed by atoms with Crippen LogP contribution >= 0.6 is 39.1 Å². The average molecular weight is 771 g/mol. The zero-order chi connectivity index (χ0) is 36.6. The zero-order valence-corrected chi connectivity index (χ0v) is 33.1. The van der Waals surface area contributed by atoms with Crippen molar-refractivity contribution in [1.82, 2.24) is 0 Å². The molecule has 8 nitrogen and oxygen atoms in total. The van der Waals surface area contributed by atoms with Crippen molar-refractivity contribution in [2.45, 2.75) is 34.6 Å². The first-order valence-corrected chi connectivity index (χ1v) is 16.1. The highest BCUT2D eigenvalue weighted by atomic mass is 79.9. The van der Waals surface area contributed by atoms with Gasteiger partial charge < -0.3 is 37.9 Å². The van der Waals surface area contributed by atoms with Gasteiger partial charge in [-0.3, -0.25) is 0 Å². The number of ether oxygens (including phenoxy) is 8. The van der Waals surface area contributed by atoms with Gasteiger partial charge in [-0.25, -0.2) is 0 Å². The molecule has 264 valence electrons. The third kappa shape index (κ3) is 12.4. The summed E-state index contributed by atoms with van der Waals surface area (Å²) in [5, 5.41) is 0.970. The van der Waals surface area contributed by atoms with Gasteiger partial charge in [0.1, 0.15) is 46.0 Å². The molecule has 4 aromatic rings. The standard InChI is InChI=1S/2C10H14O2.C9H11BrO2.C8H8Cl2O2/c1-7-5-10(12-4)8(2)6-9(7)11-3;1-7-5-9(11-3)6-8(2)10(7)12-4;1-6-4-9(12-3)7(10)5-8(6)11-2;1-11-7-3-6(10)8(12-2)4-5(7)9/h2*5-6H,1-4H3;4-5H,1-3H3;3-4H,1-2H3. The molecule has 0 N–H and O–H groups in total. The van der Waals surface area contributed by atoms with E-state index in [9.17, 15) is 0 Å². The zero-order valence-electron chi connectivity index (χ0n) is 30.0. The Bertz CT molecular complexity index is 1360. The molecule has 4 rings (SSSR count). The maximum atomic E-state index is 5.82. The second kappa shape index (κ2) is 21.3. The SMILES string of the molecule is COc1cc(Br)c(OC)cc1C.COc1cc(C)c(OC)c(C)c1.COc1cc(C)c(OC)cc1C.COc1cc(Cl)c(OC)cc1Cl. The van der Waals surface area contributed by atoms with Gasteiger partial charge in [0, 0.05) is 12.1 Å². The third-order valence-electron chi connectivity index (χ3n) is 6.88. The summed E-state index contributed by atoms with van der Waals surface area (Å²) in [5.74, 6) is 6.42. The molecule has 0 aliphatic heterocycles. The lowest BCUT2D eigenvalue weighted by atomic mass is 10.1. The molecule has 0 amide bonds. The number of methoxy groups -OCH3 is 8. The Morgan fingerprint density at radius 3 is 1.02 bits per heavy atom. The smallest absolute Gasteiger partial charge is 0.139 e. The van der Waals surface area contributed by atoms with Crippen LogP contribution in [0.3, 0.4) is 0 Å². The molecule has 0 atom stereocenters. The Kier molecular flexibility index (Phi) is 18.8. The van der Waals surface area contributed by atoms with Gasteiger partial charge in [-0.05, 0) is 115 Å². The topological polar surface area (TPSA) is 73.8 Å². The van der Waals surface area contributed by atoms with Gasteiger partial charge in [0.2, 0.25) is 0 Å². The molecule has 11 heteroatoms. The van der Waals surface area contributed by atoms with E-state index in [-0.39, 0.29) is 0 Å². The summed E-state index contributed by atoms with van der Waals surface area (Å²) >= 11 is 15.0. The molecule has 0 saturated heterocycles. The minimum absolute atomic E-state index is 0.485. The second-order valence-electron chi connectivity index (χ2n) is 10.2. The lowest BCUT2D eigenvalue weighted by Crippen LogP contribution is -1.92. The summed E-state index contributed by atoms with van der Waals surface area (Å²) < 4.78 is 41.8. The Balaban J connectivity index is 0.000000320. The number of halogens is 3. The highest BCUT2D eigenvalue weighted by molar-refractivity contribution is 9.10. The maximum Gasteiger partial charge on any atom is 0.139 e. The maximum absolute atomic E-state index is 5.82. The Hall–Kier alpha value is -3.66. The summed E-state index contributed by atoms with van der Waals surface area (Å²) in [7, 11) is 13.1. The molecule has 0 radical (unpaired) electrons. The lowest BCUT2D eigenvalue weighted by Gasteiger charge is -2.10. The van der Waals surface area contributed by atoms with Crippen molar-refractivity contribution in [3.8, 4) is 46.0 Å².